The second kappa shape index (κ2) is 5.10. The Kier molecular flexibility index (Phi) is 3.78. The number of thiophene rings is 1. The fourth-order valence-corrected chi connectivity index (χ4v) is 3.21. The van der Waals surface area contributed by atoms with E-state index in [1.165, 1.54) is 19.3 Å². The molecule has 0 radical (unpaired) electrons. The van der Waals surface area contributed by atoms with Gasteiger partial charge >= 0.3 is 0 Å². The zero-order valence-electron chi connectivity index (χ0n) is 9.20. The van der Waals surface area contributed by atoms with Gasteiger partial charge in [0.1, 0.15) is 0 Å². The molecule has 0 spiro atoms. The van der Waals surface area contributed by atoms with Crippen molar-refractivity contribution in [1.82, 2.24) is 5.32 Å². The number of aliphatic hydroxyl groups is 1. The molecule has 1 aromatic rings. The van der Waals surface area contributed by atoms with Crippen LogP contribution in [-0.4, -0.2) is 24.3 Å². The zero-order chi connectivity index (χ0) is 10.7. The van der Waals surface area contributed by atoms with Crippen LogP contribution >= 0.6 is 11.3 Å². The van der Waals surface area contributed by atoms with Crippen molar-refractivity contribution >= 4 is 11.3 Å². The van der Waals surface area contributed by atoms with Crippen molar-refractivity contribution in [3.8, 4) is 0 Å². The largest absolute Gasteiger partial charge is 0.395 e. The third-order valence-electron chi connectivity index (χ3n) is 3.16. The van der Waals surface area contributed by atoms with Gasteiger partial charge in [0.25, 0.3) is 0 Å². The topological polar surface area (TPSA) is 32.3 Å². The van der Waals surface area contributed by atoms with Gasteiger partial charge in [0.2, 0.25) is 0 Å². The summed E-state index contributed by atoms with van der Waals surface area (Å²) in [6.45, 7) is 3.26. The van der Waals surface area contributed by atoms with E-state index >= 15 is 0 Å². The summed E-state index contributed by atoms with van der Waals surface area (Å²) in [6.07, 6.45) is 3.86. The Balaban J connectivity index is 1.95. The summed E-state index contributed by atoms with van der Waals surface area (Å²) < 4.78 is 0. The summed E-state index contributed by atoms with van der Waals surface area (Å²) >= 11 is 1.89. The number of aryl methyl sites for hydroxylation is 1. The van der Waals surface area contributed by atoms with Gasteiger partial charge in [0.05, 0.1) is 6.61 Å². The number of fused-ring (bicyclic) bond motifs is 1. The van der Waals surface area contributed by atoms with Gasteiger partial charge in [0, 0.05) is 17.5 Å². The Hall–Kier alpha value is -0.380. The van der Waals surface area contributed by atoms with E-state index in [4.69, 9.17) is 5.11 Å². The third kappa shape index (κ3) is 2.60. The average molecular weight is 225 g/mol. The molecule has 0 amide bonds. The van der Waals surface area contributed by atoms with Crippen LogP contribution in [0.15, 0.2) is 11.4 Å². The minimum absolute atomic E-state index is 0.217. The molecule has 0 fully saturated rings. The van der Waals surface area contributed by atoms with Crippen molar-refractivity contribution in [2.45, 2.75) is 38.1 Å². The van der Waals surface area contributed by atoms with Gasteiger partial charge < -0.3 is 10.4 Å². The molecule has 2 atom stereocenters. The van der Waals surface area contributed by atoms with Crippen LogP contribution in [-0.2, 0) is 6.42 Å². The first-order chi connectivity index (χ1) is 7.31. The second-order valence-corrected chi connectivity index (χ2v) is 5.38. The maximum atomic E-state index is 8.96. The normalized spacial score (nSPS) is 22.4. The van der Waals surface area contributed by atoms with E-state index in [9.17, 15) is 0 Å². The molecule has 0 aromatic carbocycles. The van der Waals surface area contributed by atoms with Gasteiger partial charge in [-0.2, -0.15) is 0 Å². The molecule has 0 saturated heterocycles. The lowest BCUT2D eigenvalue weighted by molar-refractivity contribution is 0.249. The molecule has 1 aliphatic carbocycles. The molecule has 2 unspecified atom stereocenters. The highest BCUT2D eigenvalue weighted by Gasteiger charge is 2.21. The maximum Gasteiger partial charge on any atom is 0.0581 e. The Labute approximate surface area is 95.3 Å². The fraction of sp³-hybridized carbons (Fsp3) is 0.667. The van der Waals surface area contributed by atoms with Gasteiger partial charge in [-0.25, -0.2) is 0 Å². The highest BCUT2D eigenvalue weighted by molar-refractivity contribution is 7.10. The first kappa shape index (κ1) is 11.1. The minimum Gasteiger partial charge on any atom is -0.395 e. The molecule has 15 heavy (non-hydrogen) atoms. The number of hydrogen-bond donors (Lipinski definition) is 2. The first-order valence-corrected chi connectivity index (χ1v) is 6.59. The van der Waals surface area contributed by atoms with Crippen molar-refractivity contribution < 1.29 is 5.11 Å². The Bertz CT molecular complexity index is 310. The molecule has 0 saturated carbocycles. The molecule has 3 heteroatoms. The summed E-state index contributed by atoms with van der Waals surface area (Å²) in [5.41, 5.74) is 1.55. The number of rotatable bonds is 4. The third-order valence-corrected chi connectivity index (χ3v) is 4.16. The minimum atomic E-state index is 0.217. The van der Waals surface area contributed by atoms with Crippen molar-refractivity contribution in [3.05, 3.63) is 21.9 Å². The summed E-state index contributed by atoms with van der Waals surface area (Å²) in [5, 5.41) is 14.6. The lowest BCUT2D eigenvalue weighted by atomic mass is 9.87. The van der Waals surface area contributed by atoms with Crippen LogP contribution in [0.5, 0.6) is 0 Å². The molecular formula is C12H19NOS. The smallest absolute Gasteiger partial charge is 0.0581 e. The molecular weight excluding hydrogens is 206 g/mol. The van der Waals surface area contributed by atoms with E-state index in [1.807, 2.05) is 18.3 Å². The Morgan fingerprint density at radius 1 is 1.67 bits per heavy atom. The molecule has 1 aliphatic rings. The second-order valence-electron chi connectivity index (χ2n) is 4.38. The SMILES string of the molecule is CC(CO)NCC1CCCc2sccc21. The molecule has 2 nitrogen and oxygen atoms in total. The van der Waals surface area contributed by atoms with Crippen molar-refractivity contribution in [2.24, 2.45) is 0 Å². The van der Waals surface area contributed by atoms with Gasteiger partial charge in [0.15, 0.2) is 0 Å². The van der Waals surface area contributed by atoms with E-state index in [0.717, 1.165) is 6.54 Å². The Morgan fingerprint density at radius 3 is 3.33 bits per heavy atom. The van der Waals surface area contributed by atoms with Gasteiger partial charge in [-0.05, 0) is 49.1 Å². The van der Waals surface area contributed by atoms with Crippen LogP contribution in [0.3, 0.4) is 0 Å². The summed E-state index contributed by atoms with van der Waals surface area (Å²) in [7, 11) is 0. The maximum absolute atomic E-state index is 8.96. The molecule has 0 aliphatic heterocycles. The monoisotopic (exact) mass is 225 g/mol. The highest BCUT2D eigenvalue weighted by Crippen LogP contribution is 2.34. The van der Waals surface area contributed by atoms with E-state index in [-0.39, 0.29) is 12.6 Å². The molecule has 0 bridgehead atoms. The van der Waals surface area contributed by atoms with E-state index in [1.54, 1.807) is 10.4 Å². The van der Waals surface area contributed by atoms with Gasteiger partial charge in [-0.1, -0.05) is 0 Å². The first-order valence-electron chi connectivity index (χ1n) is 5.71. The number of aliphatic hydroxyl groups excluding tert-OH is 1. The van der Waals surface area contributed by atoms with Gasteiger partial charge in [-0.3, -0.25) is 0 Å². The summed E-state index contributed by atoms with van der Waals surface area (Å²) in [4.78, 5) is 1.57. The zero-order valence-corrected chi connectivity index (χ0v) is 10.0. The number of nitrogens with one attached hydrogen (secondary N) is 1. The molecule has 2 rings (SSSR count). The molecule has 2 N–H and O–H groups in total. The highest BCUT2D eigenvalue weighted by atomic mass is 32.1. The average Bonchev–Trinajstić information content (AvgIpc) is 2.74. The van der Waals surface area contributed by atoms with Crippen LogP contribution in [0.1, 0.15) is 36.1 Å². The molecule has 1 aromatic heterocycles. The predicted molar refractivity (Wildman–Crippen MR) is 64.5 cm³/mol. The predicted octanol–water partition coefficient (Wildman–Crippen LogP) is 2.14. The Morgan fingerprint density at radius 2 is 2.53 bits per heavy atom. The van der Waals surface area contributed by atoms with Crippen molar-refractivity contribution in [2.75, 3.05) is 13.2 Å². The summed E-state index contributed by atoms with van der Waals surface area (Å²) in [5.74, 6) is 0.661. The molecule has 1 heterocycles. The van der Waals surface area contributed by atoms with Crippen LogP contribution in [0, 0.1) is 0 Å². The van der Waals surface area contributed by atoms with E-state index in [2.05, 4.69) is 16.8 Å². The van der Waals surface area contributed by atoms with Crippen LogP contribution in [0.2, 0.25) is 0 Å². The number of hydrogen-bond acceptors (Lipinski definition) is 3. The van der Waals surface area contributed by atoms with E-state index < -0.39 is 0 Å². The van der Waals surface area contributed by atoms with Crippen molar-refractivity contribution in [1.29, 1.82) is 0 Å². The standard InChI is InChI=1S/C12H19NOS/c1-9(8-14)13-7-10-3-2-4-12-11(10)5-6-15-12/h5-6,9-10,13-14H,2-4,7-8H2,1H3. The fourth-order valence-electron chi connectivity index (χ4n) is 2.20. The summed E-state index contributed by atoms with van der Waals surface area (Å²) in [6, 6.07) is 2.49. The van der Waals surface area contributed by atoms with Gasteiger partial charge in [-0.15, -0.1) is 11.3 Å². The quantitative estimate of drug-likeness (QED) is 0.823. The van der Waals surface area contributed by atoms with E-state index in [0.29, 0.717) is 5.92 Å². The van der Waals surface area contributed by atoms with Crippen LogP contribution < -0.4 is 5.32 Å². The molecule has 84 valence electrons. The van der Waals surface area contributed by atoms with Crippen molar-refractivity contribution in [3.63, 3.8) is 0 Å². The van der Waals surface area contributed by atoms with Crippen LogP contribution in [0.4, 0.5) is 0 Å². The van der Waals surface area contributed by atoms with Crippen LogP contribution in [0.25, 0.3) is 0 Å². The lowest BCUT2D eigenvalue weighted by Crippen LogP contribution is -2.33. The lowest BCUT2D eigenvalue weighted by Gasteiger charge is -2.24.